The summed E-state index contributed by atoms with van der Waals surface area (Å²) in [6, 6.07) is 0.139. The minimum Gasteiger partial charge on any atom is -0.444 e. The van der Waals surface area contributed by atoms with Crippen LogP contribution >= 0.6 is 0 Å². The lowest BCUT2D eigenvalue weighted by Gasteiger charge is -2.32. The summed E-state index contributed by atoms with van der Waals surface area (Å²) in [7, 11) is -0.303. The highest BCUT2D eigenvalue weighted by Crippen LogP contribution is 2.36. The first-order chi connectivity index (χ1) is 11.4. The molecule has 1 atom stereocenters. The highest BCUT2D eigenvalue weighted by Gasteiger charge is 2.50. The van der Waals surface area contributed by atoms with Crippen molar-refractivity contribution < 1.29 is 18.8 Å². The maximum Gasteiger partial charge on any atom is 0.486 e. The molecule has 0 aromatic rings. The Balaban J connectivity index is 1.72. The van der Waals surface area contributed by atoms with E-state index in [1.165, 1.54) is 0 Å². The van der Waals surface area contributed by atoms with E-state index < -0.39 is 5.60 Å². The van der Waals surface area contributed by atoms with Crippen LogP contribution in [0.5, 0.6) is 0 Å². The Kier molecular flexibility index (Phi) is 5.91. The van der Waals surface area contributed by atoms with Gasteiger partial charge in [0.25, 0.3) is 0 Å². The van der Waals surface area contributed by atoms with Crippen molar-refractivity contribution in [3.8, 4) is 0 Å². The van der Waals surface area contributed by atoms with Gasteiger partial charge in [0.2, 0.25) is 0 Å². The van der Waals surface area contributed by atoms with Crippen LogP contribution in [-0.2, 0) is 14.0 Å². The smallest absolute Gasteiger partial charge is 0.444 e. The molecule has 2 heterocycles. The molecule has 2 fully saturated rings. The molecule has 1 N–H and O–H groups in total. The molecule has 25 heavy (non-hydrogen) atoms. The SMILES string of the molecule is CC(C)(C)OC(=O)N[C@H]1CCN(C/C=C/B2OC(C)(C)C(C)(C)O2)C1. The molecule has 2 aliphatic rings. The molecule has 0 aliphatic carbocycles. The van der Waals surface area contributed by atoms with Gasteiger partial charge in [-0.05, 0) is 54.9 Å². The molecule has 1 amide bonds. The third-order valence-corrected chi connectivity index (χ3v) is 4.92. The lowest BCUT2D eigenvalue weighted by Crippen LogP contribution is -2.41. The summed E-state index contributed by atoms with van der Waals surface area (Å²) in [4.78, 5) is 14.1. The van der Waals surface area contributed by atoms with Crippen LogP contribution in [0, 0.1) is 0 Å². The van der Waals surface area contributed by atoms with Crippen molar-refractivity contribution in [2.75, 3.05) is 19.6 Å². The van der Waals surface area contributed by atoms with E-state index in [2.05, 4.69) is 16.3 Å². The second kappa shape index (κ2) is 7.29. The van der Waals surface area contributed by atoms with Gasteiger partial charge in [0.1, 0.15) is 5.60 Å². The van der Waals surface area contributed by atoms with Crippen LogP contribution in [0.15, 0.2) is 12.1 Å². The monoisotopic (exact) mass is 352 g/mol. The largest absolute Gasteiger partial charge is 0.486 e. The van der Waals surface area contributed by atoms with Crippen molar-refractivity contribution in [2.24, 2.45) is 0 Å². The van der Waals surface area contributed by atoms with Gasteiger partial charge in [-0.15, -0.1) is 0 Å². The lowest BCUT2D eigenvalue weighted by molar-refractivity contribution is 0.00578. The first-order valence-electron chi connectivity index (χ1n) is 9.12. The molecule has 6 nitrogen and oxygen atoms in total. The Hall–Kier alpha value is -1.05. The zero-order chi connectivity index (χ0) is 18.9. The van der Waals surface area contributed by atoms with Crippen molar-refractivity contribution in [3.63, 3.8) is 0 Å². The van der Waals surface area contributed by atoms with E-state index in [-0.39, 0.29) is 30.5 Å². The molecule has 0 unspecified atom stereocenters. The minimum absolute atomic E-state index is 0.139. The summed E-state index contributed by atoms with van der Waals surface area (Å²) >= 11 is 0. The van der Waals surface area contributed by atoms with Crippen LogP contribution in [0.3, 0.4) is 0 Å². The summed E-state index contributed by atoms with van der Waals surface area (Å²) in [5.41, 5.74) is -1.08. The molecular formula is C18H33BN2O4. The van der Waals surface area contributed by atoms with E-state index in [9.17, 15) is 4.79 Å². The molecule has 0 aromatic carbocycles. The summed E-state index contributed by atoms with van der Waals surface area (Å²) in [6.07, 6.45) is 2.67. The number of likely N-dealkylation sites (tertiary alicyclic amines) is 1. The topological polar surface area (TPSA) is 60.0 Å². The quantitative estimate of drug-likeness (QED) is 0.789. The number of carbonyl (C=O) groups excluding carboxylic acids is 1. The minimum atomic E-state index is -0.464. The first kappa shape index (κ1) is 20.3. The van der Waals surface area contributed by atoms with Gasteiger partial charge in [-0.25, -0.2) is 4.79 Å². The zero-order valence-electron chi connectivity index (χ0n) is 16.7. The van der Waals surface area contributed by atoms with Gasteiger partial charge in [-0.3, -0.25) is 4.90 Å². The highest BCUT2D eigenvalue weighted by atomic mass is 16.7. The normalized spacial score (nSPS) is 26.4. The van der Waals surface area contributed by atoms with Crippen LogP contribution in [-0.4, -0.2) is 60.6 Å². The Morgan fingerprint density at radius 2 is 1.88 bits per heavy atom. The molecule has 7 heteroatoms. The molecule has 2 rings (SSSR count). The van der Waals surface area contributed by atoms with E-state index in [1.807, 2.05) is 54.4 Å². The fourth-order valence-electron chi connectivity index (χ4n) is 2.88. The average Bonchev–Trinajstić information content (AvgIpc) is 2.89. The molecule has 0 spiro atoms. The number of rotatable bonds is 4. The third kappa shape index (κ3) is 5.73. The fourth-order valence-corrected chi connectivity index (χ4v) is 2.88. The van der Waals surface area contributed by atoms with Gasteiger partial charge < -0.3 is 19.4 Å². The second-order valence-electron chi connectivity index (χ2n) is 8.94. The van der Waals surface area contributed by atoms with E-state index in [0.717, 1.165) is 26.1 Å². The molecule has 2 aliphatic heterocycles. The van der Waals surface area contributed by atoms with Crippen molar-refractivity contribution in [3.05, 3.63) is 12.1 Å². The highest BCUT2D eigenvalue weighted by molar-refractivity contribution is 6.51. The van der Waals surface area contributed by atoms with E-state index >= 15 is 0 Å². The molecule has 2 saturated heterocycles. The van der Waals surface area contributed by atoms with E-state index in [1.54, 1.807) is 0 Å². The predicted octanol–water partition coefficient (Wildman–Crippen LogP) is 2.77. The molecule has 0 radical (unpaired) electrons. The van der Waals surface area contributed by atoms with Crippen LogP contribution in [0.25, 0.3) is 0 Å². The van der Waals surface area contributed by atoms with Gasteiger partial charge in [0.05, 0.1) is 11.2 Å². The lowest BCUT2D eigenvalue weighted by atomic mass is 9.90. The number of amides is 1. The molecule has 0 saturated carbocycles. The number of nitrogens with zero attached hydrogens (tertiary/aromatic N) is 1. The molecule has 0 bridgehead atoms. The van der Waals surface area contributed by atoms with Gasteiger partial charge in [0.15, 0.2) is 0 Å². The average molecular weight is 352 g/mol. The summed E-state index contributed by atoms with van der Waals surface area (Å²) in [5, 5.41) is 2.94. The maximum absolute atomic E-state index is 11.8. The van der Waals surface area contributed by atoms with Crippen LogP contribution in [0.1, 0.15) is 54.9 Å². The Labute approximate surface area is 152 Å². The van der Waals surface area contributed by atoms with Gasteiger partial charge in [-0.1, -0.05) is 12.1 Å². The molecule has 0 aromatic heterocycles. The number of nitrogens with one attached hydrogen (secondary N) is 1. The Morgan fingerprint density at radius 3 is 2.44 bits per heavy atom. The number of ether oxygens (including phenoxy) is 1. The number of hydrogen-bond acceptors (Lipinski definition) is 5. The van der Waals surface area contributed by atoms with Crippen molar-refractivity contribution in [2.45, 2.75) is 77.7 Å². The Bertz CT molecular complexity index is 498. The second-order valence-corrected chi connectivity index (χ2v) is 8.94. The number of alkyl carbamates (subject to hydrolysis) is 1. The van der Waals surface area contributed by atoms with Crippen molar-refractivity contribution in [1.29, 1.82) is 0 Å². The van der Waals surface area contributed by atoms with E-state index in [0.29, 0.717) is 0 Å². The molecule has 142 valence electrons. The van der Waals surface area contributed by atoms with Gasteiger partial charge >= 0.3 is 13.2 Å². The number of hydrogen-bond donors (Lipinski definition) is 1. The van der Waals surface area contributed by atoms with E-state index in [4.69, 9.17) is 14.0 Å². The van der Waals surface area contributed by atoms with Gasteiger partial charge in [-0.2, -0.15) is 0 Å². The zero-order valence-corrected chi connectivity index (χ0v) is 16.7. The summed E-state index contributed by atoms with van der Waals surface area (Å²) < 4.78 is 17.2. The maximum atomic E-state index is 11.8. The summed E-state index contributed by atoms with van der Waals surface area (Å²) in [5.74, 6) is 1.98. The fraction of sp³-hybridized carbons (Fsp3) is 0.833. The van der Waals surface area contributed by atoms with Crippen molar-refractivity contribution in [1.82, 2.24) is 10.2 Å². The third-order valence-electron chi connectivity index (χ3n) is 4.92. The van der Waals surface area contributed by atoms with Crippen LogP contribution in [0.4, 0.5) is 4.79 Å². The summed E-state index contributed by atoms with van der Waals surface area (Å²) in [6.45, 7) is 16.4. The molecular weight excluding hydrogens is 319 g/mol. The standard InChI is InChI=1S/C18H33BN2O4/c1-16(2,3)23-15(22)20-14-9-12-21(13-14)11-8-10-19-24-17(4,5)18(6,7)25-19/h8,10,14H,9,11-13H2,1-7H3,(H,20,22)/b10-8+/t14-/m0/s1. The van der Waals surface area contributed by atoms with Crippen molar-refractivity contribution >= 4 is 13.2 Å². The predicted molar refractivity (Wildman–Crippen MR) is 99.4 cm³/mol. The number of carbonyl (C=O) groups is 1. The van der Waals surface area contributed by atoms with Gasteiger partial charge in [0, 0.05) is 25.7 Å². The van der Waals surface area contributed by atoms with Crippen LogP contribution in [0.2, 0.25) is 0 Å². The Morgan fingerprint density at radius 1 is 1.28 bits per heavy atom. The first-order valence-corrected chi connectivity index (χ1v) is 9.12. The van der Waals surface area contributed by atoms with Crippen LogP contribution < -0.4 is 5.32 Å².